The number of carbonyl (C=O) groups is 1. The third-order valence-corrected chi connectivity index (χ3v) is 4.27. The highest BCUT2D eigenvalue weighted by Gasteiger charge is 2.07. The molecule has 0 saturated carbocycles. The number of ketones is 1. The molecule has 2 rings (SSSR count). The number of hydrogen-bond donors (Lipinski definition) is 0. The standard InChI is InChI=1S/C7H9NOS.C7H11NS/c1-4-7(5(2)9)10-6(3)8-4;1-6(2)5-7-8-3-4-9-7/h1-3H3;3-4,6H,5H2,1-2H3. The number of aromatic nitrogens is 2. The highest BCUT2D eigenvalue weighted by Crippen LogP contribution is 2.16. The maximum Gasteiger partial charge on any atom is 0.171 e. The third-order valence-electron chi connectivity index (χ3n) is 2.29. The Balaban J connectivity index is 0.000000191. The van der Waals surface area contributed by atoms with Gasteiger partial charge >= 0.3 is 0 Å². The Morgan fingerprint density at radius 1 is 1.37 bits per heavy atom. The molecule has 19 heavy (non-hydrogen) atoms. The van der Waals surface area contributed by atoms with Gasteiger partial charge in [-0.05, 0) is 19.8 Å². The van der Waals surface area contributed by atoms with Crippen LogP contribution in [0.2, 0.25) is 0 Å². The van der Waals surface area contributed by atoms with Crippen molar-refractivity contribution in [3.05, 3.63) is 32.2 Å². The van der Waals surface area contributed by atoms with Gasteiger partial charge in [0.2, 0.25) is 0 Å². The molecule has 0 amide bonds. The van der Waals surface area contributed by atoms with E-state index in [4.69, 9.17) is 0 Å². The number of aryl methyl sites for hydroxylation is 2. The Morgan fingerprint density at radius 2 is 2.05 bits per heavy atom. The summed E-state index contributed by atoms with van der Waals surface area (Å²) in [4.78, 5) is 19.9. The minimum absolute atomic E-state index is 0.114. The van der Waals surface area contributed by atoms with Crippen molar-refractivity contribution in [2.45, 2.75) is 41.0 Å². The van der Waals surface area contributed by atoms with Crippen LogP contribution in [-0.2, 0) is 6.42 Å². The van der Waals surface area contributed by atoms with Crippen LogP contribution in [0.3, 0.4) is 0 Å². The molecular weight excluding hydrogens is 276 g/mol. The second-order valence-electron chi connectivity index (χ2n) is 4.73. The first-order valence-corrected chi connectivity index (χ1v) is 7.93. The molecule has 0 bridgehead atoms. The topological polar surface area (TPSA) is 42.9 Å². The Bertz CT molecular complexity index is 516. The van der Waals surface area contributed by atoms with Gasteiger partial charge in [-0.3, -0.25) is 4.79 Å². The van der Waals surface area contributed by atoms with Crippen molar-refractivity contribution in [2.24, 2.45) is 5.92 Å². The van der Waals surface area contributed by atoms with E-state index in [1.54, 1.807) is 18.3 Å². The van der Waals surface area contributed by atoms with E-state index in [2.05, 4.69) is 23.8 Å². The molecule has 0 fully saturated rings. The molecule has 0 spiro atoms. The highest BCUT2D eigenvalue weighted by atomic mass is 32.1. The van der Waals surface area contributed by atoms with Crippen LogP contribution in [0, 0.1) is 19.8 Å². The molecule has 0 unspecified atom stereocenters. The lowest BCUT2D eigenvalue weighted by molar-refractivity contribution is 0.102. The van der Waals surface area contributed by atoms with Gasteiger partial charge in [0.05, 0.1) is 20.6 Å². The number of Topliss-reactive ketones (excluding diaryl/α,β-unsaturated/α-hetero) is 1. The van der Waals surface area contributed by atoms with Crippen LogP contribution in [0.1, 0.15) is 46.2 Å². The van der Waals surface area contributed by atoms with Crippen LogP contribution in [0.4, 0.5) is 0 Å². The summed E-state index contributed by atoms with van der Waals surface area (Å²) in [6.45, 7) is 9.76. The van der Waals surface area contributed by atoms with E-state index in [0.717, 1.165) is 27.9 Å². The second-order valence-corrected chi connectivity index (χ2v) is 6.91. The van der Waals surface area contributed by atoms with Crippen molar-refractivity contribution in [2.75, 3.05) is 0 Å². The quantitative estimate of drug-likeness (QED) is 0.793. The maximum atomic E-state index is 10.8. The largest absolute Gasteiger partial charge is 0.294 e. The molecule has 0 saturated heterocycles. The summed E-state index contributed by atoms with van der Waals surface area (Å²) in [6.07, 6.45) is 2.99. The van der Waals surface area contributed by atoms with Gasteiger partial charge in [0.1, 0.15) is 0 Å². The van der Waals surface area contributed by atoms with E-state index < -0.39 is 0 Å². The Hall–Kier alpha value is -1.07. The summed E-state index contributed by atoms with van der Waals surface area (Å²) in [5.41, 5.74) is 0.856. The lowest BCUT2D eigenvalue weighted by Gasteiger charge is -1.97. The fraction of sp³-hybridized carbons (Fsp3) is 0.500. The third kappa shape index (κ3) is 5.61. The minimum atomic E-state index is 0.114. The Labute approximate surface area is 122 Å². The summed E-state index contributed by atoms with van der Waals surface area (Å²) < 4.78 is 0. The van der Waals surface area contributed by atoms with Crippen molar-refractivity contribution in [1.82, 2.24) is 9.97 Å². The second kappa shape index (κ2) is 7.50. The SMILES string of the molecule is CC(=O)c1sc(C)nc1C.CC(C)Cc1nccs1. The number of rotatable bonds is 3. The van der Waals surface area contributed by atoms with Crippen LogP contribution in [-0.4, -0.2) is 15.8 Å². The number of nitrogens with zero attached hydrogens (tertiary/aromatic N) is 2. The molecule has 3 nitrogen and oxygen atoms in total. The molecule has 0 N–H and O–H groups in total. The lowest BCUT2D eigenvalue weighted by Crippen LogP contribution is -1.91. The van der Waals surface area contributed by atoms with E-state index in [0.29, 0.717) is 0 Å². The van der Waals surface area contributed by atoms with Gasteiger partial charge in [-0.25, -0.2) is 9.97 Å². The van der Waals surface area contributed by atoms with Crippen LogP contribution in [0.5, 0.6) is 0 Å². The smallest absolute Gasteiger partial charge is 0.171 e. The van der Waals surface area contributed by atoms with E-state index >= 15 is 0 Å². The Morgan fingerprint density at radius 3 is 2.37 bits per heavy atom. The van der Waals surface area contributed by atoms with Crippen molar-refractivity contribution in [3.8, 4) is 0 Å². The maximum absolute atomic E-state index is 10.8. The highest BCUT2D eigenvalue weighted by molar-refractivity contribution is 7.13. The summed E-state index contributed by atoms with van der Waals surface area (Å²) in [6, 6.07) is 0. The number of hydrogen-bond acceptors (Lipinski definition) is 5. The number of carbonyl (C=O) groups excluding carboxylic acids is 1. The van der Waals surface area contributed by atoms with Crippen LogP contribution >= 0.6 is 22.7 Å². The zero-order valence-electron chi connectivity index (χ0n) is 12.1. The fourth-order valence-corrected chi connectivity index (χ4v) is 3.21. The molecule has 0 atom stereocenters. The van der Waals surface area contributed by atoms with Gasteiger partial charge in [-0.2, -0.15) is 0 Å². The fourth-order valence-electron chi connectivity index (χ4n) is 1.56. The molecule has 0 radical (unpaired) electrons. The molecule has 0 aliphatic heterocycles. The summed E-state index contributed by atoms with van der Waals surface area (Å²) in [7, 11) is 0. The van der Waals surface area contributed by atoms with E-state index in [1.807, 2.05) is 25.4 Å². The van der Waals surface area contributed by atoms with Gasteiger partial charge in [0.15, 0.2) is 5.78 Å². The average molecular weight is 296 g/mol. The molecule has 2 heterocycles. The summed E-state index contributed by atoms with van der Waals surface area (Å²) in [5.74, 6) is 0.847. The van der Waals surface area contributed by atoms with Crippen LogP contribution < -0.4 is 0 Å². The zero-order chi connectivity index (χ0) is 14.4. The monoisotopic (exact) mass is 296 g/mol. The summed E-state index contributed by atoms with van der Waals surface area (Å²) >= 11 is 3.20. The minimum Gasteiger partial charge on any atom is -0.294 e. The van der Waals surface area contributed by atoms with Gasteiger partial charge in [-0.1, -0.05) is 13.8 Å². The first-order chi connectivity index (χ1) is 8.90. The van der Waals surface area contributed by atoms with Crippen LogP contribution in [0.15, 0.2) is 11.6 Å². The normalized spacial score (nSPS) is 10.2. The molecule has 2 aromatic rings. The van der Waals surface area contributed by atoms with Gasteiger partial charge < -0.3 is 0 Å². The molecule has 0 aromatic carbocycles. The van der Waals surface area contributed by atoms with Gasteiger partial charge in [0, 0.05) is 24.9 Å². The lowest BCUT2D eigenvalue weighted by atomic mass is 10.1. The predicted molar refractivity (Wildman–Crippen MR) is 82.2 cm³/mol. The van der Waals surface area contributed by atoms with Gasteiger partial charge in [0.25, 0.3) is 0 Å². The first kappa shape index (κ1) is 16.0. The Kier molecular flexibility index (Phi) is 6.31. The average Bonchev–Trinajstić information content (AvgIpc) is 2.88. The van der Waals surface area contributed by atoms with E-state index in [9.17, 15) is 4.79 Å². The van der Waals surface area contributed by atoms with E-state index in [-0.39, 0.29) is 5.78 Å². The van der Waals surface area contributed by atoms with Crippen molar-refractivity contribution < 1.29 is 4.79 Å². The molecular formula is C14H20N2OS2. The van der Waals surface area contributed by atoms with Crippen LogP contribution in [0.25, 0.3) is 0 Å². The van der Waals surface area contributed by atoms with E-state index in [1.165, 1.54) is 16.3 Å². The molecule has 0 aliphatic carbocycles. The molecule has 5 heteroatoms. The first-order valence-electron chi connectivity index (χ1n) is 6.23. The van der Waals surface area contributed by atoms with Crippen molar-refractivity contribution >= 4 is 28.5 Å². The summed E-state index contributed by atoms with van der Waals surface area (Å²) in [5, 5.41) is 4.24. The molecule has 0 aliphatic rings. The zero-order valence-corrected chi connectivity index (χ0v) is 13.7. The van der Waals surface area contributed by atoms with Gasteiger partial charge in [-0.15, -0.1) is 22.7 Å². The number of thiazole rings is 2. The van der Waals surface area contributed by atoms with Crippen molar-refractivity contribution in [1.29, 1.82) is 0 Å². The van der Waals surface area contributed by atoms with Crippen molar-refractivity contribution in [3.63, 3.8) is 0 Å². The molecule has 104 valence electrons. The molecule has 2 aromatic heterocycles. The predicted octanol–water partition coefficient (Wildman–Crippen LogP) is 4.30.